The van der Waals surface area contributed by atoms with Gasteiger partial charge in [-0.1, -0.05) is 13.3 Å². The van der Waals surface area contributed by atoms with Crippen molar-refractivity contribution in [2.24, 2.45) is 5.41 Å². The Morgan fingerprint density at radius 1 is 1.31 bits per heavy atom. The van der Waals surface area contributed by atoms with Gasteiger partial charge in [0.15, 0.2) is 0 Å². The molecule has 1 aliphatic carbocycles. The summed E-state index contributed by atoms with van der Waals surface area (Å²) in [7, 11) is 0. The fraction of sp³-hybridized carbons (Fsp3) is 1.00. The molecular weight excluding hydrogens is 198 g/mol. The van der Waals surface area contributed by atoms with Gasteiger partial charge in [-0.25, -0.2) is 0 Å². The minimum Gasteiger partial charge on any atom is -0.378 e. The lowest BCUT2D eigenvalue weighted by Gasteiger charge is -2.41. The molecule has 2 heteroatoms. The largest absolute Gasteiger partial charge is 0.378 e. The highest BCUT2D eigenvalue weighted by Gasteiger charge is 2.34. The van der Waals surface area contributed by atoms with Crippen molar-refractivity contribution in [2.45, 2.75) is 64.4 Å². The van der Waals surface area contributed by atoms with Gasteiger partial charge in [-0.05, 0) is 56.9 Å². The molecule has 2 fully saturated rings. The molecule has 1 saturated heterocycles. The molecule has 0 spiro atoms. The zero-order chi connectivity index (χ0) is 11.3. The molecule has 1 atom stereocenters. The number of ether oxygens (including phenoxy) is 1. The minimum atomic E-state index is 0.575. The summed E-state index contributed by atoms with van der Waals surface area (Å²) in [6.45, 7) is 5.76. The monoisotopic (exact) mass is 225 g/mol. The molecule has 1 aliphatic heterocycles. The normalized spacial score (nSPS) is 27.9. The van der Waals surface area contributed by atoms with Crippen molar-refractivity contribution < 1.29 is 4.74 Å². The maximum absolute atomic E-state index is 5.63. The summed E-state index contributed by atoms with van der Waals surface area (Å²) in [6.07, 6.45) is 11.4. The van der Waals surface area contributed by atoms with Gasteiger partial charge in [0.2, 0.25) is 0 Å². The summed E-state index contributed by atoms with van der Waals surface area (Å²) in [5, 5.41) is 3.65. The summed E-state index contributed by atoms with van der Waals surface area (Å²) in [5.74, 6) is 0. The van der Waals surface area contributed by atoms with Crippen LogP contribution in [0.15, 0.2) is 0 Å². The third kappa shape index (κ3) is 3.21. The van der Waals surface area contributed by atoms with Gasteiger partial charge in [-0.3, -0.25) is 0 Å². The second-order valence-corrected chi connectivity index (χ2v) is 5.66. The van der Waals surface area contributed by atoms with Crippen LogP contribution in [0.2, 0.25) is 0 Å². The van der Waals surface area contributed by atoms with Crippen LogP contribution in [0.1, 0.15) is 58.3 Å². The maximum Gasteiger partial charge on any atom is 0.0576 e. The predicted octanol–water partition coefficient (Wildman–Crippen LogP) is 3.12. The van der Waals surface area contributed by atoms with Crippen LogP contribution in [-0.2, 0) is 4.74 Å². The first-order valence-electron chi connectivity index (χ1n) is 7.17. The van der Waals surface area contributed by atoms with E-state index in [1.807, 2.05) is 0 Å². The summed E-state index contributed by atoms with van der Waals surface area (Å²) in [5.41, 5.74) is 0.670. The number of rotatable bonds is 7. The van der Waals surface area contributed by atoms with E-state index in [0.29, 0.717) is 11.5 Å². The van der Waals surface area contributed by atoms with E-state index in [2.05, 4.69) is 12.2 Å². The SMILES string of the molecule is CCC1(CNCCCC2CCCO2)CCC1. The second-order valence-electron chi connectivity index (χ2n) is 5.66. The summed E-state index contributed by atoms with van der Waals surface area (Å²) in [6, 6.07) is 0. The molecule has 1 heterocycles. The van der Waals surface area contributed by atoms with Crippen molar-refractivity contribution in [3.63, 3.8) is 0 Å². The number of nitrogens with one attached hydrogen (secondary N) is 1. The smallest absolute Gasteiger partial charge is 0.0576 e. The zero-order valence-corrected chi connectivity index (χ0v) is 10.8. The molecule has 2 aliphatic rings. The van der Waals surface area contributed by atoms with Gasteiger partial charge in [0.05, 0.1) is 6.10 Å². The lowest BCUT2D eigenvalue weighted by atomic mass is 9.67. The first-order chi connectivity index (χ1) is 7.85. The molecule has 16 heavy (non-hydrogen) atoms. The van der Waals surface area contributed by atoms with Crippen LogP contribution >= 0.6 is 0 Å². The highest BCUT2D eigenvalue weighted by Crippen LogP contribution is 2.42. The van der Waals surface area contributed by atoms with Crippen LogP contribution in [0.4, 0.5) is 0 Å². The molecule has 1 unspecified atom stereocenters. The van der Waals surface area contributed by atoms with Crippen LogP contribution in [0.3, 0.4) is 0 Å². The molecule has 2 nitrogen and oxygen atoms in total. The molecule has 2 rings (SSSR count). The van der Waals surface area contributed by atoms with Crippen LogP contribution in [-0.4, -0.2) is 25.8 Å². The first kappa shape index (κ1) is 12.4. The average Bonchev–Trinajstić information content (AvgIpc) is 2.74. The Balaban J connectivity index is 1.48. The third-order valence-corrected chi connectivity index (χ3v) is 4.57. The van der Waals surface area contributed by atoms with Crippen molar-refractivity contribution in [1.82, 2.24) is 5.32 Å². The van der Waals surface area contributed by atoms with Gasteiger partial charge in [0, 0.05) is 13.2 Å². The van der Waals surface area contributed by atoms with Gasteiger partial charge >= 0.3 is 0 Å². The van der Waals surface area contributed by atoms with E-state index < -0.39 is 0 Å². The molecule has 0 radical (unpaired) electrons. The number of hydrogen-bond acceptors (Lipinski definition) is 2. The lowest BCUT2D eigenvalue weighted by molar-refractivity contribution is 0.1000. The molecule has 0 aromatic rings. The molecule has 0 amide bonds. The van der Waals surface area contributed by atoms with Gasteiger partial charge in [-0.2, -0.15) is 0 Å². The highest BCUT2D eigenvalue weighted by molar-refractivity contribution is 4.88. The predicted molar refractivity (Wildman–Crippen MR) is 67.7 cm³/mol. The van der Waals surface area contributed by atoms with Gasteiger partial charge in [-0.15, -0.1) is 0 Å². The molecule has 1 N–H and O–H groups in total. The summed E-state index contributed by atoms with van der Waals surface area (Å²) >= 11 is 0. The summed E-state index contributed by atoms with van der Waals surface area (Å²) < 4.78 is 5.63. The Morgan fingerprint density at radius 2 is 2.19 bits per heavy atom. The third-order valence-electron chi connectivity index (χ3n) is 4.57. The van der Waals surface area contributed by atoms with Crippen molar-refractivity contribution >= 4 is 0 Å². The minimum absolute atomic E-state index is 0.575. The van der Waals surface area contributed by atoms with Crippen LogP contribution < -0.4 is 5.32 Å². The molecule has 0 aromatic heterocycles. The van der Waals surface area contributed by atoms with E-state index in [1.54, 1.807) is 0 Å². The second kappa shape index (κ2) is 6.02. The molecule has 94 valence electrons. The highest BCUT2D eigenvalue weighted by atomic mass is 16.5. The molecule has 1 saturated carbocycles. The Labute approximate surface area is 100 Å². The van der Waals surface area contributed by atoms with Gasteiger partial charge in [0.1, 0.15) is 0 Å². The fourth-order valence-corrected chi connectivity index (χ4v) is 3.01. The Hall–Kier alpha value is -0.0800. The standard InChI is InChI=1S/C14H27NO/c1-2-14(8-5-9-14)12-15-10-3-6-13-7-4-11-16-13/h13,15H,2-12H2,1H3. The molecule has 0 bridgehead atoms. The maximum atomic E-state index is 5.63. The Morgan fingerprint density at radius 3 is 2.75 bits per heavy atom. The first-order valence-corrected chi connectivity index (χ1v) is 7.17. The van der Waals surface area contributed by atoms with E-state index in [9.17, 15) is 0 Å². The lowest BCUT2D eigenvalue weighted by Crippen LogP contribution is -2.39. The molecular formula is C14H27NO. The van der Waals surface area contributed by atoms with Crippen molar-refractivity contribution in [3.8, 4) is 0 Å². The van der Waals surface area contributed by atoms with Crippen molar-refractivity contribution in [2.75, 3.05) is 19.7 Å². The van der Waals surface area contributed by atoms with E-state index >= 15 is 0 Å². The average molecular weight is 225 g/mol. The van der Waals surface area contributed by atoms with Crippen LogP contribution in [0.25, 0.3) is 0 Å². The molecule has 0 aromatic carbocycles. The van der Waals surface area contributed by atoms with E-state index in [1.165, 1.54) is 64.5 Å². The van der Waals surface area contributed by atoms with E-state index in [4.69, 9.17) is 4.74 Å². The van der Waals surface area contributed by atoms with E-state index in [0.717, 1.165) is 6.61 Å². The Bertz CT molecular complexity index is 189. The van der Waals surface area contributed by atoms with Gasteiger partial charge in [0.25, 0.3) is 0 Å². The summed E-state index contributed by atoms with van der Waals surface area (Å²) in [4.78, 5) is 0. The van der Waals surface area contributed by atoms with Crippen LogP contribution in [0.5, 0.6) is 0 Å². The van der Waals surface area contributed by atoms with E-state index in [-0.39, 0.29) is 0 Å². The number of hydrogen-bond donors (Lipinski definition) is 1. The quantitative estimate of drug-likeness (QED) is 0.672. The fourth-order valence-electron chi connectivity index (χ4n) is 3.01. The van der Waals surface area contributed by atoms with Crippen molar-refractivity contribution in [1.29, 1.82) is 0 Å². The van der Waals surface area contributed by atoms with Gasteiger partial charge < -0.3 is 10.1 Å². The van der Waals surface area contributed by atoms with Crippen molar-refractivity contribution in [3.05, 3.63) is 0 Å². The Kier molecular flexibility index (Phi) is 4.66. The van der Waals surface area contributed by atoms with Crippen LogP contribution in [0, 0.1) is 5.41 Å². The topological polar surface area (TPSA) is 21.3 Å². The zero-order valence-electron chi connectivity index (χ0n) is 10.8.